The van der Waals surface area contributed by atoms with Gasteiger partial charge in [-0.25, -0.2) is 0 Å². The lowest BCUT2D eigenvalue weighted by Crippen LogP contribution is -2.22. The van der Waals surface area contributed by atoms with E-state index < -0.39 is 0 Å². The van der Waals surface area contributed by atoms with Crippen molar-refractivity contribution in [2.75, 3.05) is 19.4 Å². The van der Waals surface area contributed by atoms with Crippen molar-refractivity contribution in [3.05, 3.63) is 48.3 Å². The maximum atomic E-state index is 11.6. The van der Waals surface area contributed by atoms with Crippen LogP contribution in [-0.4, -0.2) is 34.8 Å². The quantitative estimate of drug-likeness (QED) is 0.870. The fraction of sp³-hybridized carbons (Fsp3) is 0.312. The van der Waals surface area contributed by atoms with Crippen LogP contribution in [0.1, 0.15) is 17.9 Å². The van der Waals surface area contributed by atoms with E-state index in [0.29, 0.717) is 12.4 Å². The first-order valence-electron chi connectivity index (χ1n) is 6.97. The number of thioether (sulfide) groups is 1. The minimum absolute atomic E-state index is 0.119. The van der Waals surface area contributed by atoms with Gasteiger partial charge in [0.05, 0.1) is 12.4 Å². The van der Waals surface area contributed by atoms with Gasteiger partial charge in [-0.2, -0.15) is 0 Å². The molecule has 3 rings (SSSR count). The first kappa shape index (κ1) is 14.1. The summed E-state index contributed by atoms with van der Waals surface area (Å²) < 4.78 is 7.60. The van der Waals surface area contributed by atoms with Gasteiger partial charge in [-0.3, -0.25) is 4.79 Å². The van der Waals surface area contributed by atoms with Crippen molar-refractivity contribution in [2.24, 2.45) is 0 Å². The number of carbonyl (C=O) groups excluding carboxylic acids is 1. The molecule has 0 radical (unpaired) electrons. The molecule has 5 heteroatoms. The number of hydrogen-bond donors (Lipinski definition) is 0. The molecule has 1 unspecified atom stereocenters. The third-order valence-corrected chi connectivity index (χ3v) is 4.86. The Morgan fingerprint density at radius 1 is 1.38 bits per heavy atom. The van der Waals surface area contributed by atoms with Gasteiger partial charge in [0.2, 0.25) is 5.91 Å². The van der Waals surface area contributed by atoms with Gasteiger partial charge in [-0.05, 0) is 25.1 Å². The van der Waals surface area contributed by atoms with Crippen molar-refractivity contribution < 1.29 is 9.53 Å². The average Bonchev–Trinajstić information content (AvgIpc) is 3.08. The van der Waals surface area contributed by atoms with Crippen LogP contribution < -0.4 is 4.74 Å². The average molecular weight is 302 g/mol. The Kier molecular flexibility index (Phi) is 3.92. The number of ether oxygens (including phenoxy) is 1. The van der Waals surface area contributed by atoms with Gasteiger partial charge >= 0.3 is 0 Å². The summed E-state index contributed by atoms with van der Waals surface area (Å²) in [5, 5.41) is 0.119. The Morgan fingerprint density at radius 2 is 2.24 bits per heavy atom. The summed E-state index contributed by atoms with van der Waals surface area (Å²) in [5.41, 5.74) is 2.21. The van der Waals surface area contributed by atoms with Crippen molar-refractivity contribution in [2.45, 2.75) is 12.3 Å². The Labute approximate surface area is 128 Å². The highest BCUT2D eigenvalue weighted by molar-refractivity contribution is 8.00. The molecule has 110 valence electrons. The molecule has 1 atom stereocenters. The molecule has 1 aromatic heterocycles. The van der Waals surface area contributed by atoms with Crippen LogP contribution in [0, 0.1) is 0 Å². The molecule has 0 saturated carbocycles. The van der Waals surface area contributed by atoms with Crippen LogP contribution >= 0.6 is 11.8 Å². The number of carbonyl (C=O) groups is 1. The highest BCUT2D eigenvalue weighted by Crippen LogP contribution is 2.37. The lowest BCUT2D eigenvalue weighted by molar-refractivity contribution is -0.126. The fourth-order valence-electron chi connectivity index (χ4n) is 2.43. The maximum Gasteiger partial charge on any atom is 0.233 e. The second-order valence-electron chi connectivity index (χ2n) is 4.95. The zero-order chi connectivity index (χ0) is 14.8. The molecule has 4 nitrogen and oxygen atoms in total. The van der Waals surface area contributed by atoms with Gasteiger partial charge in [0, 0.05) is 36.8 Å². The van der Waals surface area contributed by atoms with E-state index in [9.17, 15) is 4.79 Å². The Balaban J connectivity index is 1.85. The smallest absolute Gasteiger partial charge is 0.233 e. The molecule has 1 amide bonds. The number of rotatable bonds is 4. The van der Waals surface area contributed by atoms with Crippen molar-refractivity contribution in [1.29, 1.82) is 0 Å². The normalized spacial score (nSPS) is 18.3. The summed E-state index contributed by atoms with van der Waals surface area (Å²) in [4.78, 5) is 13.4. The van der Waals surface area contributed by atoms with Gasteiger partial charge in [-0.15, -0.1) is 11.8 Å². The van der Waals surface area contributed by atoms with Gasteiger partial charge in [0.25, 0.3) is 0 Å². The molecule has 2 aromatic rings. The van der Waals surface area contributed by atoms with Crippen LogP contribution in [0.3, 0.4) is 0 Å². The van der Waals surface area contributed by atoms with E-state index in [0.717, 1.165) is 17.0 Å². The predicted molar refractivity (Wildman–Crippen MR) is 84.9 cm³/mol. The third kappa shape index (κ3) is 2.78. The van der Waals surface area contributed by atoms with Crippen molar-refractivity contribution in [3.63, 3.8) is 0 Å². The molecular formula is C16H18N2O2S. The Bertz CT molecular complexity index is 653. The van der Waals surface area contributed by atoms with E-state index in [1.165, 1.54) is 0 Å². The maximum absolute atomic E-state index is 11.6. The topological polar surface area (TPSA) is 34.5 Å². The molecule has 2 heterocycles. The SMILES string of the molecule is CCOc1cccc(-n2ccc(C3SCC(=O)N3C)c2)c1. The van der Waals surface area contributed by atoms with Crippen LogP contribution in [0.25, 0.3) is 5.69 Å². The van der Waals surface area contributed by atoms with E-state index in [-0.39, 0.29) is 11.3 Å². The summed E-state index contributed by atoms with van der Waals surface area (Å²) in [7, 11) is 1.86. The third-order valence-electron chi connectivity index (χ3n) is 3.54. The van der Waals surface area contributed by atoms with E-state index in [1.54, 1.807) is 16.7 Å². The number of amides is 1. The highest BCUT2D eigenvalue weighted by Gasteiger charge is 2.30. The zero-order valence-corrected chi connectivity index (χ0v) is 13.0. The largest absolute Gasteiger partial charge is 0.494 e. The molecule has 1 aliphatic rings. The highest BCUT2D eigenvalue weighted by atomic mass is 32.2. The van der Waals surface area contributed by atoms with Crippen molar-refractivity contribution in [1.82, 2.24) is 9.47 Å². The van der Waals surface area contributed by atoms with Crippen LogP contribution in [0.5, 0.6) is 5.75 Å². The second-order valence-corrected chi connectivity index (χ2v) is 6.02. The molecular weight excluding hydrogens is 284 g/mol. The molecule has 1 aromatic carbocycles. The van der Waals surface area contributed by atoms with Crippen LogP contribution in [0.2, 0.25) is 0 Å². The fourth-order valence-corrected chi connectivity index (χ4v) is 3.61. The summed E-state index contributed by atoms with van der Waals surface area (Å²) >= 11 is 1.67. The lowest BCUT2D eigenvalue weighted by Gasteiger charge is -2.17. The first-order chi connectivity index (χ1) is 10.2. The van der Waals surface area contributed by atoms with Crippen LogP contribution in [0.15, 0.2) is 42.7 Å². The number of aromatic nitrogens is 1. The van der Waals surface area contributed by atoms with Crippen molar-refractivity contribution >= 4 is 17.7 Å². The first-order valence-corrected chi connectivity index (χ1v) is 8.02. The minimum Gasteiger partial charge on any atom is -0.494 e. The standard InChI is InChI=1S/C16H18N2O2S/c1-3-20-14-6-4-5-13(9-14)18-8-7-12(10-18)16-17(2)15(19)11-21-16/h4-10,16H,3,11H2,1-2H3. The summed E-state index contributed by atoms with van der Waals surface area (Å²) in [6, 6.07) is 10.1. The molecule has 0 N–H and O–H groups in total. The molecule has 21 heavy (non-hydrogen) atoms. The van der Waals surface area contributed by atoms with Gasteiger partial charge in [-0.1, -0.05) is 6.07 Å². The molecule has 0 spiro atoms. The van der Waals surface area contributed by atoms with Gasteiger partial charge in [0.1, 0.15) is 11.1 Å². The molecule has 0 bridgehead atoms. The van der Waals surface area contributed by atoms with Crippen LogP contribution in [-0.2, 0) is 4.79 Å². The summed E-state index contributed by atoms with van der Waals surface area (Å²) in [6.45, 7) is 2.64. The minimum atomic E-state index is 0.119. The van der Waals surface area contributed by atoms with E-state index in [4.69, 9.17) is 4.74 Å². The molecule has 0 aliphatic carbocycles. The number of hydrogen-bond acceptors (Lipinski definition) is 3. The number of nitrogens with zero attached hydrogens (tertiary/aromatic N) is 2. The van der Waals surface area contributed by atoms with Crippen molar-refractivity contribution in [3.8, 4) is 11.4 Å². The van der Waals surface area contributed by atoms with Crippen LogP contribution in [0.4, 0.5) is 0 Å². The summed E-state index contributed by atoms with van der Waals surface area (Å²) in [6.07, 6.45) is 4.11. The molecule has 1 fully saturated rings. The monoisotopic (exact) mass is 302 g/mol. The Morgan fingerprint density at radius 3 is 2.95 bits per heavy atom. The number of benzene rings is 1. The molecule has 1 saturated heterocycles. The second kappa shape index (κ2) is 5.85. The predicted octanol–water partition coefficient (Wildman–Crippen LogP) is 3.08. The summed E-state index contributed by atoms with van der Waals surface area (Å²) in [5.74, 6) is 1.62. The lowest BCUT2D eigenvalue weighted by atomic mass is 10.3. The molecule has 1 aliphatic heterocycles. The van der Waals surface area contributed by atoms with Gasteiger partial charge < -0.3 is 14.2 Å². The Hall–Kier alpha value is -1.88. The van der Waals surface area contributed by atoms with E-state index in [2.05, 4.69) is 16.8 Å². The van der Waals surface area contributed by atoms with E-state index >= 15 is 0 Å². The van der Waals surface area contributed by atoms with Gasteiger partial charge in [0.15, 0.2) is 0 Å². The zero-order valence-electron chi connectivity index (χ0n) is 12.2. The van der Waals surface area contributed by atoms with E-state index in [1.807, 2.05) is 44.4 Å².